The summed E-state index contributed by atoms with van der Waals surface area (Å²) in [5.41, 5.74) is 7.96. The van der Waals surface area contributed by atoms with Crippen LogP contribution in [-0.2, 0) is 9.47 Å². The number of rotatable bonds is 1. The Bertz CT molecular complexity index is 563. The number of hydrogen-bond donors (Lipinski definition) is 8. The van der Waals surface area contributed by atoms with Gasteiger partial charge in [-0.05, 0) is 0 Å². The Morgan fingerprint density at radius 3 is 2.50 bits per heavy atom. The third kappa shape index (κ3) is 1.28. The smallest absolute Gasteiger partial charge is 0.311 e. The minimum Gasteiger partial charge on any atom is -0.393 e. The third-order valence-electron chi connectivity index (χ3n) is 5.28. The van der Waals surface area contributed by atoms with Crippen LogP contribution in [-0.4, -0.2) is 85.8 Å². The molecule has 1 unspecified atom stereocenters. The Balaban J connectivity index is 1.95. The summed E-state index contributed by atoms with van der Waals surface area (Å²) < 4.78 is 10.4. The van der Waals surface area contributed by atoms with E-state index in [0.717, 1.165) is 0 Å². The van der Waals surface area contributed by atoms with Crippen LogP contribution in [0, 0.1) is 5.92 Å². The summed E-state index contributed by atoms with van der Waals surface area (Å²) in [6.07, 6.45) is -6.93. The van der Waals surface area contributed by atoms with Gasteiger partial charge in [-0.15, -0.1) is 0 Å². The van der Waals surface area contributed by atoms with Gasteiger partial charge in [-0.3, -0.25) is 0 Å². The molecule has 4 bridgehead atoms. The molecular weight excluding hydrogens is 300 g/mol. The normalized spacial score (nSPS) is 62.4. The molecule has 10 N–H and O–H groups in total. The highest BCUT2D eigenvalue weighted by Gasteiger charge is 2.82. The van der Waals surface area contributed by atoms with Crippen LogP contribution in [0.4, 0.5) is 0 Å². The van der Waals surface area contributed by atoms with E-state index in [1.54, 1.807) is 0 Å². The van der Waals surface area contributed by atoms with Crippen LogP contribution in [0.25, 0.3) is 0 Å². The molecule has 4 heterocycles. The van der Waals surface area contributed by atoms with Gasteiger partial charge in [0.15, 0.2) is 12.1 Å². The molecule has 0 aromatic heterocycles. The number of nitrogens with zero attached hydrogens (tertiary/aromatic N) is 1. The number of nitrogens with one attached hydrogen (secondary N) is 1. The van der Waals surface area contributed by atoms with E-state index in [2.05, 4.69) is 10.3 Å². The predicted molar refractivity (Wildman–Crippen MR) is 67.7 cm³/mol. The van der Waals surface area contributed by atoms with Gasteiger partial charge in [0.05, 0.1) is 12.5 Å². The van der Waals surface area contributed by atoms with E-state index >= 15 is 0 Å². The van der Waals surface area contributed by atoms with E-state index in [1.165, 1.54) is 0 Å². The fourth-order valence-electron chi connectivity index (χ4n) is 4.31. The van der Waals surface area contributed by atoms with Gasteiger partial charge >= 0.3 is 5.97 Å². The Labute approximate surface area is 124 Å². The molecule has 1 aliphatic carbocycles. The molecule has 124 valence electrons. The standard InChI is InChI=1S/C11H18N4O7/c12-6-2-4-9(19,1-16)5-3(17)10(2,15-8(13)14-6)7(18)11(20,21-4)22-5/h2-7,16-20H,1,12H2,(H3,13,14,15)/t2-,3?,4-,5+,6+,7+,9+,10-,11+/m1/s1. The average Bonchev–Trinajstić information content (AvgIpc) is 2.45. The Morgan fingerprint density at radius 2 is 1.86 bits per heavy atom. The second kappa shape index (κ2) is 3.88. The molecule has 9 atom stereocenters. The van der Waals surface area contributed by atoms with E-state index in [0.29, 0.717) is 0 Å². The molecule has 0 radical (unpaired) electrons. The zero-order chi connectivity index (χ0) is 16.1. The highest BCUT2D eigenvalue weighted by Crippen LogP contribution is 2.58. The first-order chi connectivity index (χ1) is 10.2. The van der Waals surface area contributed by atoms with Crippen LogP contribution >= 0.6 is 0 Å². The van der Waals surface area contributed by atoms with Crippen LogP contribution in [0.15, 0.2) is 4.99 Å². The maximum Gasteiger partial charge on any atom is 0.311 e. The molecular formula is C11H18N4O7. The summed E-state index contributed by atoms with van der Waals surface area (Å²) in [6, 6.07) is 0. The summed E-state index contributed by atoms with van der Waals surface area (Å²) in [4.78, 5) is 3.92. The number of nitrogens with two attached hydrogens (primary N) is 2. The zero-order valence-corrected chi connectivity index (χ0v) is 11.3. The molecule has 0 aromatic carbocycles. The van der Waals surface area contributed by atoms with Gasteiger partial charge in [0, 0.05) is 0 Å². The predicted octanol–water partition coefficient (Wildman–Crippen LogP) is -5.55. The zero-order valence-electron chi connectivity index (χ0n) is 11.3. The van der Waals surface area contributed by atoms with Crippen molar-refractivity contribution in [2.24, 2.45) is 22.4 Å². The number of ether oxygens (including phenoxy) is 2. The highest BCUT2D eigenvalue weighted by molar-refractivity contribution is 5.80. The monoisotopic (exact) mass is 318 g/mol. The lowest BCUT2D eigenvalue weighted by Crippen LogP contribution is -2.95. The Hall–Kier alpha value is -1.05. The third-order valence-corrected chi connectivity index (χ3v) is 5.28. The Morgan fingerprint density at radius 1 is 1.23 bits per heavy atom. The first-order valence-electron chi connectivity index (χ1n) is 6.85. The second-order valence-electron chi connectivity index (χ2n) is 6.29. The van der Waals surface area contributed by atoms with Crippen molar-refractivity contribution >= 4 is 5.96 Å². The molecule has 4 aliphatic heterocycles. The second-order valence-corrected chi connectivity index (χ2v) is 6.29. The molecule has 22 heavy (non-hydrogen) atoms. The molecule has 4 fully saturated rings. The molecule has 11 heteroatoms. The van der Waals surface area contributed by atoms with Crippen LogP contribution in [0.1, 0.15) is 0 Å². The molecule has 5 rings (SSSR count). The van der Waals surface area contributed by atoms with Crippen molar-refractivity contribution in [3.63, 3.8) is 0 Å². The topological polar surface area (TPSA) is 196 Å². The fraction of sp³-hybridized carbons (Fsp3) is 0.909. The van der Waals surface area contributed by atoms with Gasteiger partial charge in [0.2, 0.25) is 0 Å². The lowest BCUT2D eigenvalue weighted by molar-refractivity contribution is -0.546. The van der Waals surface area contributed by atoms with Gasteiger partial charge < -0.3 is 51.8 Å². The minimum atomic E-state index is -2.46. The fourth-order valence-corrected chi connectivity index (χ4v) is 4.31. The molecule has 0 amide bonds. The molecule has 5 aliphatic rings. The van der Waals surface area contributed by atoms with Crippen molar-refractivity contribution in [2.45, 2.75) is 47.7 Å². The first kappa shape index (κ1) is 14.5. The van der Waals surface area contributed by atoms with Crippen LogP contribution in [0.5, 0.6) is 0 Å². The van der Waals surface area contributed by atoms with Gasteiger partial charge in [0.1, 0.15) is 35.6 Å². The van der Waals surface area contributed by atoms with Crippen molar-refractivity contribution in [3.05, 3.63) is 0 Å². The van der Waals surface area contributed by atoms with Crippen molar-refractivity contribution < 1.29 is 35.0 Å². The average molecular weight is 318 g/mol. The number of aliphatic hydroxyl groups excluding tert-OH is 3. The van der Waals surface area contributed by atoms with E-state index in [-0.39, 0.29) is 5.96 Å². The van der Waals surface area contributed by atoms with Gasteiger partial charge in [-0.1, -0.05) is 0 Å². The molecule has 1 spiro atoms. The van der Waals surface area contributed by atoms with Crippen molar-refractivity contribution in [1.82, 2.24) is 5.32 Å². The van der Waals surface area contributed by atoms with E-state index < -0.39 is 60.2 Å². The van der Waals surface area contributed by atoms with Crippen molar-refractivity contribution in [1.29, 1.82) is 0 Å². The maximum atomic E-state index is 10.7. The lowest BCUT2D eigenvalue weighted by Gasteiger charge is -2.71. The summed E-state index contributed by atoms with van der Waals surface area (Å²) >= 11 is 0. The number of guanidine groups is 1. The van der Waals surface area contributed by atoms with Gasteiger partial charge in [0.25, 0.3) is 0 Å². The van der Waals surface area contributed by atoms with E-state index in [4.69, 9.17) is 20.9 Å². The van der Waals surface area contributed by atoms with Gasteiger partial charge in [-0.2, -0.15) is 0 Å². The van der Waals surface area contributed by atoms with Gasteiger partial charge in [-0.25, -0.2) is 4.99 Å². The largest absolute Gasteiger partial charge is 0.393 e. The SMILES string of the molecule is NC1=N[C@H](N)[C@H]2[C@H]3O[C@]4(O)O[C@@H](C(O)[C@@]2(N1)[C@@H]4O)[C@]3(O)CO. The highest BCUT2D eigenvalue weighted by atomic mass is 16.9. The van der Waals surface area contributed by atoms with Crippen LogP contribution in [0.3, 0.4) is 0 Å². The molecule has 1 saturated carbocycles. The first-order valence-corrected chi connectivity index (χ1v) is 6.85. The van der Waals surface area contributed by atoms with Crippen LogP contribution in [0.2, 0.25) is 0 Å². The van der Waals surface area contributed by atoms with Crippen molar-refractivity contribution in [2.75, 3.05) is 6.61 Å². The van der Waals surface area contributed by atoms with E-state index in [9.17, 15) is 25.5 Å². The summed E-state index contributed by atoms with van der Waals surface area (Å²) in [5.74, 6) is -3.54. The minimum absolute atomic E-state index is 0.125. The van der Waals surface area contributed by atoms with Crippen LogP contribution < -0.4 is 16.8 Å². The quantitative estimate of drug-likeness (QED) is 0.231. The van der Waals surface area contributed by atoms with Crippen molar-refractivity contribution in [3.8, 4) is 0 Å². The summed E-state index contributed by atoms with van der Waals surface area (Å²) in [7, 11) is 0. The summed E-state index contributed by atoms with van der Waals surface area (Å²) in [5, 5.41) is 54.4. The lowest BCUT2D eigenvalue weighted by atomic mass is 9.55. The summed E-state index contributed by atoms with van der Waals surface area (Å²) in [6.45, 7) is -0.802. The molecule has 3 saturated heterocycles. The molecule has 0 aromatic rings. The number of hydrogen-bond acceptors (Lipinski definition) is 11. The maximum absolute atomic E-state index is 10.7. The number of aliphatic hydroxyl groups is 5. The molecule has 11 nitrogen and oxygen atoms in total. The number of aliphatic imine (C=N–C) groups is 1. The Kier molecular flexibility index (Phi) is 2.57. The van der Waals surface area contributed by atoms with E-state index in [1.807, 2.05) is 0 Å².